The SMILES string of the molecule is C=CCCC(C)Nc1cc(Cl)ccc1-n1cccn1. The number of nitrogens with one attached hydrogen (secondary N) is 1. The minimum Gasteiger partial charge on any atom is -0.381 e. The van der Waals surface area contributed by atoms with E-state index in [1.54, 1.807) is 6.20 Å². The molecule has 1 aromatic heterocycles. The topological polar surface area (TPSA) is 29.9 Å². The molecule has 1 heterocycles. The second-order valence-electron chi connectivity index (χ2n) is 4.52. The zero-order valence-corrected chi connectivity index (χ0v) is 11.8. The Morgan fingerprint density at radius 2 is 2.37 bits per heavy atom. The van der Waals surface area contributed by atoms with Gasteiger partial charge in [0.05, 0.1) is 11.4 Å². The maximum absolute atomic E-state index is 6.08. The summed E-state index contributed by atoms with van der Waals surface area (Å²) in [6.45, 7) is 5.90. The standard InChI is InChI=1S/C15H18ClN3/c1-3-4-6-12(2)18-14-11-13(16)7-8-15(14)19-10-5-9-17-19/h3,5,7-12,18H,1,4,6H2,2H3. The molecule has 0 aliphatic carbocycles. The van der Waals surface area contributed by atoms with E-state index in [1.165, 1.54) is 0 Å². The molecule has 19 heavy (non-hydrogen) atoms. The second-order valence-corrected chi connectivity index (χ2v) is 4.96. The molecule has 3 nitrogen and oxygen atoms in total. The molecule has 0 saturated heterocycles. The summed E-state index contributed by atoms with van der Waals surface area (Å²) in [5, 5.41) is 8.46. The summed E-state index contributed by atoms with van der Waals surface area (Å²) >= 11 is 6.08. The third-order valence-corrected chi connectivity index (χ3v) is 3.15. The van der Waals surface area contributed by atoms with E-state index < -0.39 is 0 Å². The highest BCUT2D eigenvalue weighted by Gasteiger charge is 2.08. The van der Waals surface area contributed by atoms with E-state index in [0.29, 0.717) is 11.1 Å². The second kappa shape index (κ2) is 6.43. The maximum Gasteiger partial charge on any atom is 0.0877 e. The lowest BCUT2D eigenvalue weighted by molar-refractivity contribution is 0.717. The lowest BCUT2D eigenvalue weighted by Crippen LogP contribution is -2.16. The monoisotopic (exact) mass is 275 g/mol. The Labute approximate surface area is 118 Å². The van der Waals surface area contributed by atoms with Gasteiger partial charge in [0.2, 0.25) is 0 Å². The van der Waals surface area contributed by atoms with E-state index in [4.69, 9.17) is 11.6 Å². The quantitative estimate of drug-likeness (QED) is 0.797. The lowest BCUT2D eigenvalue weighted by Gasteiger charge is -2.18. The van der Waals surface area contributed by atoms with Gasteiger partial charge >= 0.3 is 0 Å². The molecule has 0 bridgehead atoms. The average molecular weight is 276 g/mol. The first-order chi connectivity index (χ1) is 9.20. The molecule has 2 aromatic rings. The molecule has 1 unspecified atom stereocenters. The smallest absolute Gasteiger partial charge is 0.0877 e. The van der Waals surface area contributed by atoms with Gasteiger partial charge in [-0.15, -0.1) is 6.58 Å². The number of hydrogen-bond acceptors (Lipinski definition) is 2. The van der Waals surface area contributed by atoms with Crippen LogP contribution < -0.4 is 5.32 Å². The van der Waals surface area contributed by atoms with Crippen LogP contribution in [0.5, 0.6) is 0 Å². The van der Waals surface area contributed by atoms with Gasteiger partial charge in [-0.2, -0.15) is 5.10 Å². The molecule has 0 spiro atoms. The average Bonchev–Trinajstić information content (AvgIpc) is 2.90. The highest BCUT2D eigenvalue weighted by atomic mass is 35.5. The molecule has 1 aromatic carbocycles. The predicted molar refractivity (Wildman–Crippen MR) is 81.1 cm³/mol. The number of anilines is 1. The van der Waals surface area contributed by atoms with Gasteiger partial charge in [0, 0.05) is 23.5 Å². The number of allylic oxidation sites excluding steroid dienone is 1. The Morgan fingerprint density at radius 3 is 3.05 bits per heavy atom. The molecule has 0 aliphatic heterocycles. The predicted octanol–water partition coefficient (Wildman–Crippen LogP) is 4.29. The van der Waals surface area contributed by atoms with Crippen molar-refractivity contribution >= 4 is 17.3 Å². The molecule has 1 atom stereocenters. The Bertz CT molecular complexity index is 534. The fourth-order valence-electron chi connectivity index (χ4n) is 1.94. The van der Waals surface area contributed by atoms with Crippen molar-refractivity contribution in [1.82, 2.24) is 9.78 Å². The van der Waals surface area contributed by atoms with E-state index >= 15 is 0 Å². The normalized spacial score (nSPS) is 12.1. The fraction of sp³-hybridized carbons (Fsp3) is 0.267. The number of benzene rings is 1. The van der Waals surface area contributed by atoms with E-state index in [2.05, 4.69) is 23.9 Å². The van der Waals surface area contributed by atoms with Gasteiger partial charge in [-0.25, -0.2) is 4.68 Å². The summed E-state index contributed by atoms with van der Waals surface area (Å²) < 4.78 is 1.83. The summed E-state index contributed by atoms with van der Waals surface area (Å²) in [6.07, 6.45) is 7.65. The summed E-state index contributed by atoms with van der Waals surface area (Å²) in [5.41, 5.74) is 1.99. The van der Waals surface area contributed by atoms with Gasteiger partial charge in [0.25, 0.3) is 0 Å². The van der Waals surface area contributed by atoms with Gasteiger partial charge in [0.1, 0.15) is 0 Å². The molecule has 1 N–H and O–H groups in total. The number of rotatable bonds is 6. The van der Waals surface area contributed by atoms with Gasteiger partial charge in [0.15, 0.2) is 0 Å². The number of hydrogen-bond donors (Lipinski definition) is 1. The number of aromatic nitrogens is 2. The largest absolute Gasteiger partial charge is 0.381 e. The van der Waals surface area contributed by atoms with Crippen LogP contribution in [0, 0.1) is 0 Å². The molecule has 0 fully saturated rings. The van der Waals surface area contributed by atoms with Gasteiger partial charge in [-0.3, -0.25) is 0 Å². The van der Waals surface area contributed by atoms with Crippen LogP contribution in [0.4, 0.5) is 5.69 Å². The van der Waals surface area contributed by atoms with Crippen molar-refractivity contribution in [1.29, 1.82) is 0 Å². The molecule has 4 heteroatoms. The summed E-state index contributed by atoms with van der Waals surface area (Å²) in [6, 6.07) is 8.03. The van der Waals surface area contributed by atoms with Crippen molar-refractivity contribution in [3.63, 3.8) is 0 Å². The van der Waals surface area contributed by atoms with Gasteiger partial charge in [-0.05, 0) is 44.0 Å². The minimum absolute atomic E-state index is 0.353. The molecular formula is C15H18ClN3. The van der Waals surface area contributed by atoms with Crippen molar-refractivity contribution in [3.8, 4) is 5.69 Å². The number of halogens is 1. The molecule has 100 valence electrons. The van der Waals surface area contributed by atoms with Crippen LogP contribution in [0.3, 0.4) is 0 Å². The summed E-state index contributed by atoms with van der Waals surface area (Å²) in [7, 11) is 0. The zero-order chi connectivity index (χ0) is 13.7. The zero-order valence-electron chi connectivity index (χ0n) is 11.0. The summed E-state index contributed by atoms with van der Waals surface area (Å²) in [5.74, 6) is 0. The van der Waals surface area contributed by atoms with Crippen molar-refractivity contribution in [2.45, 2.75) is 25.8 Å². The third-order valence-electron chi connectivity index (χ3n) is 2.92. The molecule has 2 rings (SSSR count). The van der Waals surface area contributed by atoms with Crippen molar-refractivity contribution in [3.05, 3.63) is 54.3 Å². The first kappa shape index (κ1) is 13.7. The lowest BCUT2D eigenvalue weighted by atomic mass is 10.1. The van der Waals surface area contributed by atoms with Crippen molar-refractivity contribution in [2.75, 3.05) is 5.32 Å². The Balaban J connectivity index is 2.23. The highest BCUT2D eigenvalue weighted by Crippen LogP contribution is 2.25. The van der Waals surface area contributed by atoms with E-state index in [0.717, 1.165) is 24.2 Å². The Hall–Kier alpha value is -1.74. The molecule has 0 amide bonds. The van der Waals surface area contributed by atoms with Crippen LogP contribution in [0.2, 0.25) is 5.02 Å². The van der Waals surface area contributed by atoms with Crippen LogP contribution in [-0.4, -0.2) is 15.8 Å². The third kappa shape index (κ3) is 3.61. The van der Waals surface area contributed by atoms with Crippen molar-refractivity contribution < 1.29 is 0 Å². The highest BCUT2D eigenvalue weighted by molar-refractivity contribution is 6.31. The minimum atomic E-state index is 0.353. The molecular weight excluding hydrogens is 258 g/mol. The van der Waals surface area contributed by atoms with E-state index in [-0.39, 0.29) is 0 Å². The number of nitrogens with zero attached hydrogens (tertiary/aromatic N) is 2. The van der Waals surface area contributed by atoms with Crippen LogP contribution in [0.25, 0.3) is 5.69 Å². The van der Waals surface area contributed by atoms with Crippen LogP contribution >= 0.6 is 11.6 Å². The molecule has 0 aliphatic rings. The fourth-order valence-corrected chi connectivity index (χ4v) is 2.11. The first-order valence-corrected chi connectivity index (χ1v) is 6.75. The Morgan fingerprint density at radius 1 is 1.53 bits per heavy atom. The van der Waals surface area contributed by atoms with E-state index in [9.17, 15) is 0 Å². The van der Waals surface area contributed by atoms with Gasteiger partial charge < -0.3 is 5.32 Å². The van der Waals surface area contributed by atoms with Crippen molar-refractivity contribution in [2.24, 2.45) is 0 Å². The Kier molecular flexibility index (Phi) is 4.63. The van der Waals surface area contributed by atoms with Crippen LogP contribution in [0.15, 0.2) is 49.3 Å². The molecule has 0 saturated carbocycles. The van der Waals surface area contributed by atoms with E-state index in [1.807, 2.05) is 41.2 Å². The maximum atomic E-state index is 6.08. The van der Waals surface area contributed by atoms with Crippen LogP contribution in [0.1, 0.15) is 19.8 Å². The first-order valence-electron chi connectivity index (χ1n) is 6.37. The van der Waals surface area contributed by atoms with Gasteiger partial charge in [-0.1, -0.05) is 17.7 Å². The molecule has 0 radical (unpaired) electrons. The van der Waals surface area contributed by atoms with Crippen LogP contribution in [-0.2, 0) is 0 Å². The summed E-state index contributed by atoms with van der Waals surface area (Å²) in [4.78, 5) is 0.